The zero-order chi connectivity index (χ0) is 0. The molecule has 4 radical (unpaired) electrons. The van der Waals surface area contributed by atoms with E-state index in [4.69, 9.17) is 0 Å². The molecule has 0 N–H and O–H groups in total. The van der Waals surface area contributed by atoms with Crippen LogP contribution in [0.15, 0.2) is 0 Å². The second-order valence-corrected chi connectivity index (χ2v) is 0. The van der Waals surface area contributed by atoms with Crippen LogP contribution in [0.4, 0.5) is 0 Å². The first kappa shape index (κ1) is 243. The molecule has 0 saturated carbocycles. The normalized spacial score (nSPS) is 0. The van der Waals surface area contributed by atoms with E-state index in [2.05, 4.69) is 0 Å². The van der Waals surface area contributed by atoms with Crippen molar-refractivity contribution in [2.45, 2.75) is 0 Å². The average Bonchev–Trinajstić information content (AvgIpc) is 0. The van der Waals surface area contributed by atoms with Crippen molar-refractivity contribution in [2.24, 2.45) is 0 Å². The predicted octanol–water partition coefficient (Wildman–Crippen LogP) is -2.60. The van der Waals surface area contributed by atoms with Crippen LogP contribution in [-0.4, -0.2) is 143 Å². The number of hydrogen-bond donors (Lipinski definition) is 0. The van der Waals surface area contributed by atoms with Gasteiger partial charge in [-0.1, -0.05) is 0 Å². The Labute approximate surface area is 230 Å². The van der Waals surface area contributed by atoms with Gasteiger partial charge < -0.3 is 49.3 Å². The quantitative estimate of drug-likeness (QED) is 0.228. The Morgan fingerprint density at radius 1 is 0.267 bits per heavy atom. The van der Waals surface area contributed by atoms with E-state index in [1.54, 1.807) is 0 Å². The molecule has 0 aliphatic carbocycles. The van der Waals surface area contributed by atoms with E-state index < -0.39 is 0 Å². The van der Waals surface area contributed by atoms with Crippen molar-refractivity contribution in [3.8, 4) is 0 Å². The summed E-state index contributed by atoms with van der Waals surface area (Å²) < 4.78 is 0. The van der Waals surface area contributed by atoms with Crippen molar-refractivity contribution in [1.29, 1.82) is 0 Å². The fraction of sp³-hybridized carbons (Fsp3) is 0. The first-order chi connectivity index (χ1) is 0. The molecule has 15 heteroatoms. The van der Waals surface area contributed by atoms with Gasteiger partial charge in [0.25, 0.3) is 0 Å². The van der Waals surface area contributed by atoms with Crippen molar-refractivity contribution in [2.75, 3.05) is 0 Å². The third-order valence-electron chi connectivity index (χ3n) is 0. The standard InChI is InChI=1S/2Bi.9O.2Sr.2Ti/q2*+3;9*-2;2*+2;2*+4. The summed E-state index contributed by atoms with van der Waals surface area (Å²) in [5, 5.41) is 0. The third-order valence-corrected chi connectivity index (χ3v) is 0. The topological polar surface area (TPSA) is 256 Å². The Hall–Kier alpha value is 5.80. The molecule has 0 rings (SSSR count). The van der Waals surface area contributed by atoms with E-state index in [1.165, 1.54) is 0 Å². The molecule has 0 spiro atoms. The second-order valence-electron chi connectivity index (χ2n) is 0. The molecular weight excluding hydrogens is 833 g/mol. The predicted molar refractivity (Wildman–Crippen MR) is 29.2 cm³/mol. The average molecular weight is 833 g/mol. The summed E-state index contributed by atoms with van der Waals surface area (Å²) >= 11 is 0. The fourth-order valence-electron chi connectivity index (χ4n) is 0. The van der Waals surface area contributed by atoms with Crippen LogP contribution in [0.1, 0.15) is 0 Å². The molecule has 0 amide bonds. The summed E-state index contributed by atoms with van der Waals surface area (Å²) in [4.78, 5) is 0. The van der Waals surface area contributed by atoms with Crippen LogP contribution < -0.4 is 0 Å². The first-order valence-corrected chi connectivity index (χ1v) is 0. The van der Waals surface area contributed by atoms with Gasteiger partial charge in [-0.05, 0) is 0 Å². The summed E-state index contributed by atoms with van der Waals surface area (Å²) in [5.74, 6) is 0. The minimum Gasteiger partial charge on any atom is -2.00 e. The van der Waals surface area contributed by atoms with Gasteiger partial charge in [0.05, 0.1) is 0 Å². The van der Waals surface area contributed by atoms with Gasteiger partial charge in [0.15, 0.2) is 0 Å². The fourth-order valence-corrected chi connectivity index (χ4v) is 0. The SMILES string of the molecule is [Bi+3].[Bi+3].[O-2].[O-2].[O-2].[O-2].[O-2].[O-2].[O-2].[O-2].[O-2].[Sr+2].[Sr+2].[Ti+4].[Ti+4]. The van der Waals surface area contributed by atoms with Gasteiger partial charge >= 0.3 is 187 Å². The van der Waals surface area contributed by atoms with Crippen LogP contribution in [0.5, 0.6) is 0 Å². The second kappa shape index (κ2) is 208. The van der Waals surface area contributed by atoms with Crippen molar-refractivity contribution in [1.82, 2.24) is 0 Å². The Kier molecular flexibility index (Phi) is 3370. The Bertz CT molecular complexity index is 24.1. The van der Waals surface area contributed by atoms with Gasteiger partial charge in [-0.3, -0.25) is 0 Å². The molecule has 0 aromatic carbocycles. The maximum Gasteiger partial charge on any atom is 4.00 e. The third kappa shape index (κ3) is 187. The molecule has 0 aliphatic heterocycles. The Morgan fingerprint density at radius 2 is 0.267 bits per heavy atom. The van der Waals surface area contributed by atoms with Gasteiger partial charge in [-0.25, -0.2) is 0 Å². The molecule has 9 nitrogen and oxygen atoms in total. The monoisotopic (exact) mass is 834 g/mol. The molecule has 76 valence electrons. The van der Waals surface area contributed by atoms with E-state index in [0.29, 0.717) is 0 Å². The van der Waals surface area contributed by atoms with Crippen molar-refractivity contribution in [3.05, 3.63) is 0 Å². The smallest absolute Gasteiger partial charge is 2.00 e. The van der Waals surface area contributed by atoms with Crippen molar-refractivity contribution >= 4 is 143 Å². The van der Waals surface area contributed by atoms with Gasteiger partial charge in [0.2, 0.25) is 0 Å². The maximum atomic E-state index is 0. The van der Waals surface area contributed by atoms with Crippen LogP contribution in [0, 0.1) is 0 Å². The van der Waals surface area contributed by atoms with Crippen LogP contribution >= 0.6 is 0 Å². The molecule has 0 bridgehead atoms. The molecule has 0 aliphatic rings. The van der Waals surface area contributed by atoms with E-state index >= 15 is 0 Å². The minimum atomic E-state index is 0. The van der Waals surface area contributed by atoms with Crippen LogP contribution in [0.25, 0.3) is 0 Å². The summed E-state index contributed by atoms with van der Waals surface area (Å²) in [6.45, 7) is 0. The van der Waals surface area contributed by atoms with Crippen LogP contribution in [-0.2, 0) is 92.7 Å². The van der Waals surface area contributed by atoms with E-state index in [0.717, 1.165) is 0 Å². The zero-order valence-electron chi connectivity index (χ0n) is 6.98. The summed E-state index contributed by atoms with van der Waals surface area (Å²) in [7, 11) is 0. The molecule has 0 saturated heterocycles. The number of rotatable bonds is 0. The molecule has 0 fully saturated rings. The summed E-state index contributed by atoms with van der Waals surface area (Å²) in [6, 6.07) is 0. The summed E-state index contributed by atoms with van der Waals surface area (Å²) in [6.07, 6.45) is 0. The molecule has 0 aromatic heterocycles. The number of hydrogen-bond acceptors (Lipinski definition) is 0. The van der Waals surface area contributed by atoms with E-state index in [1.807, 2.05) is 0 Å². The molecule has 0 aromatic rings. The zero-order valence-corrected chi connectivity index (χ0v) is 24.0. The largest absolute Gasteiger partial charge is 4.00 e. The minimum absolute atomic E-state index is 0. The molecular formula is Bi2O9Sr2Ti2. The Balaban J connectivity index is 0. The van der Waals surface area contributed by atoms with Gasteiger partial charge in [0, 0.05) is 0 Å². The van der Waals surface area contributed by atoms with Crippen molar-refractivity contribution in [3.63, 3.8) is 0 Å². The van der Waals surface area contributed by atoms with Gasteiger partial charge in [-0.2, -0.15) is 0 Å². The van der Waals surface area contributed by atoms with Crippen LogP contribution in [0.2, 0.25) is 0 Å². The summed E-state index contributed by atoms with van der Waals surface area (Å²) in [5.41, 5.74) is 0. The Morgan fingerprint density at radius 3 is 0.267 bits per heavy atom. The first-order valence-electron chi connectivity index (χ1n) is 0. The van der Waals surface area contributed by atoms with E-state index in [-0.39, 0.29) is 236 Å². The van der Waals surface area contributed by atoms with Gasteiger partial charge in [0.1, 0.15) is 0 Å². The molecule has 0 heterocycles. The van der Waals surface area contributed by atoms with E-state index in [9.17, 15) is 0 Å². The molecule has 15 heavy (non-hydrogen) atoms. The van der Waals surface area contributed by atoms with Crippen LogP contribution in [0.3, 0.4) is 0 Å². The maximum absolute atomic E-state index is 0. The molecule has 0 atom stereocenters. The molecule has 0 unspecified atom stereocenters. The van der Waals surface area contributed by atoms with Gasteiger partial charge in [-0.15, -0.1) is 0 Å². The van der Waals surface area contributed by atoms with Crippen molar-refractivity contribution < 1.29 is 92.7 Å².